The van der Waals surface area contributed by atoms with Gasteiger partial charge in [-0.15, -0.1) is 11.3 Å². The van der Waals surface area contributed by atoms with Crippen LogP contribution in [0, 0.1) is 11.3 Å². The first-order valence-electron chi connectivity index (χ1n) is 5.11. The molecule has 0 saturated heterocycles. The van der Waals surface area contributed by atoms with Crippen molar-refractivity contribution in [2.24, 2.45) is 0 Å². The number of benzene rings is 1. The third-order valence-electron chi connectivity index (χ3n) is 2.04. The maximum Gasteiger partial charge on any atom is 0.264 e. The molecule has 1 aromatic heterocycles. The number of carbonyl (C=O) groups excluding carboxylic acids is 1. The zero-order chi connectivity index (χ0) is 12.8. The van der Waals surface area contributed by atoms with Crippen molar-refractivity contribution in [2.45, 2.75) is 0 Å². The van der Waals surface area contributed by atoms with Gasteiger partial charge in [-0.2, -0.15) is 5.26 Å². The van der Waals surface area contributed by atoms with Crippen molar-refractivity contribution in [1.82, 2.24) is 4.98 Å². The van der Waals surface area contributed by atoms with Gasteiger partial charge in [-0.25, -0.2) is 4.98 Å². The maximum atomic E-state index is 11.5. The molecule has 18 heavy (non-hydrogen) atoms. The van der Waals surface area contributed by atoms with Crippen LogP contribution < -0.4 is 10.1 Å². The van der Waals surface area contributed by atoms with Gasteiger partial charge in [-0.3, -0.25) is 10.1 Å². The number of amides is 1. The van der Waals surface area contributed by atoms with E-state index in [1.165, 1.54) is 11.3 Å². The van der Waals surface area contributed by atoms with E-state index in [4.69, 9.17) is 10.00 Å². The molecule has 0 radical (unpaired) electrons. The van der Waals surface area contributed by atoms with E-state index in [0.717, 1.165) is 0 Å². The fraction of sp³-hybridized carbons (Fsp3) is 0.0833. The summed E-state index contributed by atoms with van der Waals surface area (Å²) in [5, 5.41) is 13.7. The van der Waals surface area contributed by atoms with Gasteiger partial charge in [0.05, 0.1) is 5.56 Å². The summed E-state index contributed by atoms with van der Waals surface area (Å²) < 4.78 is 5.28. The van der Waals surface area contributed by atoms with Gasteiger partial charge >= 0.3 is 0 Å². The number of nitriles is 1. The molecule has 0 fully saturated rings. The van der Waals surface area contributed by atoms with Gasteiger partial charge in [-0.05, 0) is 12.1 Å². The Morgan fingerprint density at radius 1 is 1.50 bits per heavy atom. The molecular weight excluding hydrogens is 250 g/mol. The number of carbonyl (C=O) groups is 1. The van der Waals surface area contributed by atoms with Crippen molar-refractivity contribution in [3.05, 3.63) is 41.4 Å². The topological polar surface area (TPSA) is 75.0 Å². The van der Waals surface area contributed by atoms with Crippen molar-refractivity contribution in [3.63, 3.8) is 0 Å². The Morgan fingerprint density at radius 2 is 2.33 bits per heavy atom. The number of rotatable bonds is 4. The predicted molar refractivity (Wildman–Crippen MR) is 67.4 cm³/mol. The van der Waals surface area contributed by atoms with Crippen LogP contribution in [0.5, 0.6) is 5.75 Å². The van der Waals surface area contributed by atoms with E-state index in [-0.39, 0.29) is 12.5 Å². The number of nitrogens with one attached hydrogen (secondary N) is 1. The quantitative estimate of drug-likeness (QED) is 0.911. The van der Waals surface area contributed by atoms with Gasteiger partial charge < -0.3 is 4.74 Å². The van der Waals surface area contributed by atoms with Crippen LogP contribution in [0.2, 0.25) is 0 Å². The van der Waals surface area contributed by atoms with Gasteiger partial charge in [0, 0.05) is 11.6 Å². The summed E-state index contributed by atoms with van der Waals surface area (Å²) in [6.45, 7) is -0.154. The van der Waals surface area contributed by atoms with Crippen molar-refractivity contribution in [2.75, 3.05) is 11.9 Å². The summed E-state index contributed by atoms with van der Waals surface area (Å²) in [7, 11) is 0. The lowest BCUT2D eigenvalue weighted by molar-refractivity contribution is -0.118. The lowest BCUT2D eigenvalue weighted by atomic mass is 10.2. The summed E-state index contributed by atoms with van der Waals surface area (Å²) in [6, 6.07) is 8.76. The Balaban J connectivity index is 1.92. The van der Waals surface area contributed by atoms with Crippen LogP contribution in [-0.2, 0) is 4.79 Å². The van der Waals surface area contributed by atoms with Crippen molar-refractivity contribution in [1.29, 1.82) is 5.26 Å². The molecule has 0 unspecified atom stereocenters. The molecule has 0 aliphatic rings. The second-order valence-electron chi connectivity index (χ2n) is 3.28. The first kappa shape index (κ1) is 12.1. The Labute approximate surface area is 108 Å². The maximum absolute atomic E-state index is 11.5. The predicted octanol–water partition coefficient (Wildman–Crippen LogP) is 2.03. The normalized spacial score (nSPS) is 9.50. The first-order valence-corrected chi connectivity index (χ1v) is 5.99. The van der Waals surface area contributed by atoms with E-state index in [1.54, 1.807) is 35.8 Å². The highest BCUT2D eigenvalue weighted by Gasteiger charge is 2.07. The number of hydrogen-bond donors (Lipinski definition) is 1. The Hall–Kier alpha value is -2.39. The van der Waals surface area contributed by atoms with E-state index < -0.39 is 0 Å². The third kappa shape index (κ3) is 3.06. The van der Waals surface area contributed by atoms with Crippen molar-refractivity contribution in [3.8, 4) is 11.8 Å². The van der Waals surface area contributed by atoms with E-state index in [9.17, 15) is 4.79 Å². The van der Waals surface area contributed by atoms with Gasteiger partial charge in [0.15, 0.2) is 11.7 Å². The molecule has 0 aliphatic carbocycles. The van der Waals surface area contributed by atoms with Crippen LogP contribution in [0.1, 0.15) is 5.56 Å². The van der Waals surface area contributed by atoms with E-state index in [2.05, 4.69) is 10.3 Å². The molecule has 0 aliphatic heterocycles. The fourth-order valence-corrected chi connectivity index (χ4v) is 1.81. The fourth-order valence-electron chi connectivity index (χ4n) is 1.27. The van der Waals surface area contributed by atoms with Crippen molar-refractivity contribution < 1.29 is 9.53 Å². The third-order valence-corrected chi connectivity index (χ3v) is 2.73. The molecule has 2 aromatic rings. The molecule has 0 spiro atoms. The molecule has 1 aromatic carbocycles. The highest BCUT2D eigenvalue weighted by atomic mass is 32.1. The SMILES string of the molecule is N#Cc1ccccc1OCC(=O)Nc1nccs1. The molecule has 0 saturated carbocycles. The van der Waals surface area contributed by atoms with Crippen LogP contribution >= 0.6 is 11.3 Å². The van der Waals surface area contributed by atoms with Gasteiger partial charge in [0.2, 0.25) is 0 Å². The van der Waals surface area contributed by atoms with Crippen LogP contribution in [-0.4, -0.2) is 17.5 Å². The van der Waals surface area contributed by atoms with Crippen molar-refractivity contribution >= 4 is 22.4 Å². The molecule has 1 heterocycles. The Kier molecular flexibility index (Phi) is 3.89. The highest BCUT2D eigenvalue weighted by Crippen LogP contribution is 2.16. The second-order valence-corrected chi connectivity index (χ2v) is 4.18. The Morgan fingerprint density at radius 3 is 3.06 bits per heavy atom. The van der Waals surface area contributed by atoms with Crippen LogP contribution in [0.3, 0.4) is 0 Å². The number of ether oxygens (including phenoxy) is 1. The summed E-state index contributed by atoms with van der Waals surface area (Å²) >= 11 is 1.33. The van der Waals surface area contributed by atoms with Crippen LogP contribution in [0.15, 0.2) is 35.8 Å². The van der Waals surface area contributed by atoms with E-state index in [0.29, 0.717) is 16.4 Å². The number of aromatic nitrogens is 1. The minimum atomic E-state index is -0.308. The molecule has 6 heteroatoms. The average Bonchev–Trinajstić information content (AvgIpc) is 2.89. The number of hydrogen-bond acceptors (Lipinski definition) is 5. The van der Waals surface area contributed by atoms with E-state index in [1.807, 2.05) is 6.07 Å². The van der Waals surface area contributed by atoms with Gasteiger partial charge in [0.1, 0.15) is 11.8 Å². The number of nitrogens with zero attached hydrogens (tertiary/aromatic N) is 2. The largest absolute Gasteiger partial charge is 0.482 e. The molecule has 90 valence electrons. The lowest BCUT2D eigenvalue weighted by Gasteiger charge is -2.06. The second kappa shape index (κ2) is 5.80. The molecule has 1 amide bonds. The zero-order valence-electron chi connectivity index (χ0n) is 9.29. The van der Waals surface area contributed by atoms with Crippen LogP contribution in [0.4, 0.5) is 5.13 Å². The van der Waals surface area contributed by atoms with E-state index >= 15 is 0 Å². The number of para-hydroxylation sites is 1. The number of thiazole rings is 1. The zero-order valence-corrected chi connectivity index (χ0v) is 10.1. The van der Waals surface area contributed by atoms with Gasteiger partial charge in [-0.1, -0.05) is 12.1 Å². The molecule has 0 atom stereocenters. The number of anilines is 1. The van der Waals surface area contributed by atoms with Gasteiger partial charge in [0.25, 0.3) is 5.91 Å². The summed E-state index contributed by atoms with van der Waals surface area (Å²) in [4.78, 5) is 15.5. The summed E-state index contributed by atoms with van der Waals surface area (Å²) in [5.74, 6) is 0.0898. The minimum Gasteiger partial charge on any atom is -0.482 e. The molecule has 1 N–H and O–H groups in total. The molecular formula is C12H9N3O2S. The van der Waals surface area contributed by atoms with Crippen LogP contribution in [0.25, 0.3) is 0 Å². The standard InChI is InChI=1S/C12H9N3O2S/c13-7-9-3-1-2-4-10(9)17-8-11(16)15-12-14-5-6-18-12/h1-6H,8H2,(H,14,15,16). The molecule has 2 rings (SSSR count). The lowest BCUT2D eigenvalue weighted by Crippen LogP contribution is -2.20. The molecule has 5 nitrogen and oxygen atoms in total. The first-order chi connectivity index (χ1) is 8.79. The molecule has 0 bridgehead atoms. The average molecular weight is 259 g/mol. The Bertz CT molecular complexity index is 575. The summed E-state index contributed by atoms with van der Waals surface area (Å²) in [6.07, 6.45) is 1.60. The summed E-state index contributed by atoms with van der Waals surface area (Å²) in [5.41, 5.74) is 0.402. The minimum absolute atomic E-state index is 0.154. The monoisotopic (exact) mass is 259 g/mol. The smallest absolute Gasteiger partial charge is 0.264 e. The highest BCUT2D eigenvalue weighted by molar-refractivity contribution is 7.13.